The Kier molecular flexibility index (Phi) is 49.4. The van der Waals surface area contributed by atoms with Crippen molar-refractivity contribution in [1.82, 2.24) is 5.32 Å². The Hall–Kier alpha value is -1.25. The first-order valence-electron chi connectivity index (χ1n) is 30.0. The zero-order valence-electron chi connectivity index (χ0n) is 46.8. The molecular formula is C59H117N2O7P. The van der Waals surface area contributed by atoms with Crippen molar-refractivity contribution in [1.29, 1.82) is 0 Å². The number of quaternary nitrogens is 1. The number of amides is 1. The second-order valence-corrected chi connectivity index (χ2v) is 23.3. The molecule has 0 aliphatic heterocycles. The van der Waals surface area contributed by atoms with Crippen LogP contribution in [0.4, 0.5) is 0 Å². The van der Waals surface area contributed by atoms with Crippen LogP contribution in [0.5, 0.6) is 0 Å². The molecule has 0 aromatic carbocycles. The number of phosphoric acid groups is 1. The molecule has 0 rings (SSSR count). The van der Waals surface area contributed by atoms with Crippen molar-refractivity contribution in [3.8, 4) is 0 Å². The molecule has 0 bridgehead atoms. The van der Waals surface area contributed by atoms with Gasteiger partial charge in [-0.25, -0.2) is 0 Å². The number of rotatable bonds is 55. The number of unbranched alkanes of at least 4 members (excludes halogenated alkanes) is 39. The fraction of sp³-hybridized carbons (Fsp3) is 0.932. The Bertz CT molecular complexity index is 1190. The average Bonchev–Trinajstić information content (AvgIpc) is 3.31. The Balaban J connectivity index is 5.28. The molecule has 0 radical (unpaired) electrons. The maximum absolute atomic E-state index is 13.5. The van der Waals surface area contributed by atoms with Gasteiger partial charge in [-0.15, -0.1) is 0 Å². The molecule has 0 saturated carbocycles. The highest BCUT2D eigenvalue weighted by Gasteiger charge is 2.27. The van der Waals surface area contributed by atoms with Gasteiger partial charge in [-0.05, 0) is 31.8 Å². The van der Waals surface area contributed by atoms with E-state index in [1.165, 1.54) is 212 Å². The number of likely N-dealkylation sites (N-methyl/N-ethyl adjacent to an activating group) is 1. The Morgan fingerprint density at radius 1 is 0.493 bits per heavy atom. The van der Waals surface area contributed by atoms with E-state index in [-0.39, 0.29) is 31.5 Å². The van der Waals surface area contributed by atoms with Gasteiger partial charge < -0.3 is 28.5 Å². The smallest absolute Gasteiger partial charge is 0.306 e. The lowest BCUT2D eigenvalue weighted by atomic mass is 10.0. The lowest BCUT2D eigenvalue weighted by Gasteiger charge is -2.30. The predicted octanol–water partition coefficient (Wildman–Crippen LogP) is 17.4. The SMILES string of the molecule is CCCCCCCCCCCCC/C=C/C(OC(=O)CCCCCCCCCCCCCCC)C(COP(=O)([O-])OCC[N+](C)(C)C)NC(=O)CCCCCCCCCCCCCCCCCCC. The summed E-state index contributed by atoms with van der Waals surface area (Å²) in [4.78, 5) is 39.9. The fourth-order valence-corrected chi connectivity index (χ4v) is 9.78. The topological polar surface area (TPSA) is 114 Å². The van der Waals surface area contributed by atoms with Crippen LogP contribution < -0.4 is 10.2 Å². The Labute approximate surface area is 429 Å². The summed E-state index contributed by atoms with van der Waals surface area (Å²) in [6, 6.07) is -0.878. The maximum Gasteiger partial charge on any atom is 0.306 e. The molecule has 0 spiro atoms. The van der Waals surface area contributed by atoms with Crippen molar-refractivity contribution in [3.63, 3.8) is 0 Å². The third kappa shape index (κ3) is 51.5. The van der Waals surface area contributed by atoms with Crippen molar-refractivity contribution < 1.29 is 37.3 Å². The molecule has 0 aromatic heterocycles. The molecule has 3 atom stereocenters. The van der Waals surface area contributed by atoms with Crippen molar-refractivity contribution in [2.24, 2.45) is 0 Å². The standard InChI is InChI=1S/C59H117N2O7P/c1-7-10-13-16-19-22-25-28-29-30-31-34-36-39-42-45-48-51-58(62)60-56(55-67-69(64,65)66-54-53-61(4,5)6)57(50-47-44-41-38-35-32-26-23-20-17-14-11-8-2)68-59(63)52-49-46-43-40-37-33-27-24-21-18-15-12-9-3/h47,50,56-57H,7-46,48-49,51-55H2,1-6H3,(H-,60,62,64,65)/b50-47+. The normalized spacial score (nSPS) is 13.8. The predicted molar refractivity (Wildman–Crippen MR) is 294 cm³/mol. The van der Waals surface area contributed by atoms with Crippen LogP contribution in [-0.4, -0.2) is 69.4 Å². The molecule has 9 nitrogen and oxygen atoms in total. The second-order valence-electron chi connectivity index (χ2n) is 21.9. The van der Waals surface area contributed by atoms with E-state index in [1.54, 1.807) is 0 Å². The largest absolute Gasteiger partial charge is 0.756 e. The van der Waals surface area contributed by atoms with Gasteiger partial charge in [-0.1, -0.05) is 271 Å². The third-order valence-electron chi connectivity index (χ3n) is 13.7. The molecule has 0 fully saturated rings. The summed E-state index contributed by atoms with van der Waals surface area (Å²) in [6.07, 6.45) is 55.9. The number of esters is 1. The maximum atomic E-state index is 13.5. The Morgan fingerprint density at radius 2 is 0.826 bits per heavy atom. The fourth-order valence-electron chi connectivity index (χ4n) is 9.05. The van der Waals surface area contributed by atoms with Gasteiger partial charge in [0.2, 0.25) is 5.91 Å². The molecular weight excluding hydrogens is 880 g/mol. The van der Waals surface area contributed by atoms with Crippen LogP contribution >= 0.6 is 7.82 Å². The number of carbonyl (C=O) groups is 2. The van der Waals surface area contributed by atoms with Crippen LogP contribution in [0, 0.1) is 0 Å². The molecule has 0 aliphatic rings. The van der Waals surface area contributed by atoms with Crippen LogP contribution in [0.15, 0.2) is 12.2 Å². The molecule has 1 amide bonds. The minimum atomic E-state index is -4.69. The van der Waals surface area contributed by atoms with E-state index in [1.807, 2.05) is 33.3 Å². The van der Waals surface area contributed by atoms with Gasteiger partial charge in [0.05, 0.1) is 33.8 Å². The van der Waals surface area contributed by atoms with E-state index in [0.29, 0.717) is 17.4 Å². The summed E-state index contributed by atoms with van der Waals surface area (Å²) in [5.41, 5.74) is 0. The summed E-state index contributed by atoms with van der Waals surface area (Å²) in [7, 11) is 1.21. The number of hydrogen-bond acceptors (Lipinski definition) is 7. The molecule has 3 unspecified atom stereocenters. The molecule has 1 N–H and O–H groups in total. The summed E-state index contributed by atoms with van der Waals surface area (Å²) in [5.74, 6) is -0.521. The highest BCUT2D eigenvalue weighted by molar-refractivity contribution is 7.45. The zero-order valence-corrected chi connectivity index (χ0v) is 47.7. The summed E-state index contributed by atoms with van der Waals surface area (Å²) in [6.45, 7) is 6.89. The quantitative estimate of drug-likeness (QED) is 0.0212. The molecule has 0 heterocycles. The number of phosphoric ester groups is 1. The number of hydrogen-bond donors (Lipinski definition) is 1. The first kappa shape index (κ1) is 67.8. The molecule has 410 valence electrons. The number of ether oxygens (including phenoxy) is 1. The molecule has 10 heteroatoms. The van der Waals surface area contributed by atoms with Crippen molar-refractivity contribution in [3.05, 3.63) is 12.2 Å². The van der Waals surface area contributed by atoms with E-state index >= 15 is 0 Å². The zero-order chi connectivity index (χ0) is 50.8. The summed E-state index contributed by atoms with van der Waals surface area (Å²) >= 11 is 0. The van der Waals surface area contributed by atoms with Crippen LogP contribution in [0.1, 0.15) is 303 Å². The van der Waals surface area contributed by atoms with Gasteiger partial charge >= 0.3 is 5.97 Å². The van der Waals surface area contributed by atoms with Gasteiger partial charge in [-0.3, -0.25) is 14.2 Å². The molecule has 69 heavy (non-hydrogen) atoms. The minimum Gasteiger partial charge on any atom is -0.756 e. The molecule has 0 aromatic rings. The highest BCUT2D eigenvalue weighted by Crippen LogP contribution is 2.38. The number of allylic oxidation sites excluding steroid dienone is 1. The number of nitrogens with zero attached hydrogens (tertiary/aromatic N) is 1. The van der Waals surface area contributed by atoms with E-state index in [9.17, 15) is 19.0 Å². The van der Waals surface area contributed by atoms with Crippen LogP contribution in [-0.2, 0) is 27.9 Å². The van der Waals surface area contributed by atoms with E-state index in [0.717, 1.165) is 57.8 Å². The number of carbonyl (C=O) groups excluding carboxylic acids is 2. The first-order valence-corrected chi connectivity index (χ1v) is 31.5. The average molecular weight is 998 g/mol. The van der Waals surface area contributed by atoms with E-state index < -0.39 is 20.0 Å². The van der Waals surface area contributed by atoms with E-state index in [2.05, 4.69) is 26.1 Å². The molecule has 0 saturated heterocycles. The lowest BCUT2D eigenvalue weighted by molar-refractivity contribution is -0.870. The van der Waals surface area contributed by atoms with Gasteiger partial charge in [0.25, 0.3) is 7.82 Å². The van der Waals surface area contributed by atoms with E-state index in [4.69, 9.17) is 13.8 Å². The minimum absolute atomic E-state index is 0.0169. The van der Waals surface area contributed by atoms with Gasteiger partial charge in [0.15, 0.2) is 0 Å². The summed E-state index contributed by atoms with van der Waals surface area (Å²) in [5, 5.41) is 3.03. The van der Waals surface area contributed by atoms with Gasteiger partial charge in [0, 0.05) is 12.8 Å². The van der Waals surface area contributed by atoms with Crippen LogP contribution in [0.3, 0.4) is 0 Å². The third-order valence-corrected chi connectivity index (χ3v) is 14.7. The van der Waals surface area contributed by atoms with Crippen molar-refractivity contribution in [2.75, 3.05) is 40.9 Å². The number of nitrogens with one attached hydrogen (secondary N) is 1. The Morgan fingerprint density at radius 3 is 1.19 bits per heavy atom. The van der Waals surface area contributed by atoms with Crippen LogP contribution in [0.2, 0.25) is 0 Å². The van der Waals surface area contributed by atoms with Crippen molar-refractivity contribution >= 4 is 19.7 Å². The molecule has 0 aliphatic carbocycles. The highest BCUT2D eigenvalue weighted by atomic mass is 31.2. The van der Waals surface area contributed by atoms with Crippen LogP contribution in [0.25, 0.3) is 0 Å². The van der Waals surface area contributed by atoms with Crippen molar-refractivity contribution in [2.45, 2.75) is 315 Å². The first-order chi connectivity index (χ1) is 33.4. The van der Waals surface area contributed by atoms with Gasteiger partial charge in [0.1, 0.15) is 19.3 Å². The van der Waals surface area contributed by atoms with Gasteiger partial charge in [-0.2, -0.15) is 0 Å². The second kappa shape index (κ2) is 50.3. The monoisotopic (exact) mass is 997 g/mol. The lowest BCUT2D eigenvalue weighted by Crippen LogP contribution is -2.47. The summed E-state index contributed by atoms with van der Waals surface area (Å²) < 4.78 is 30.3.